The molecule has 4 heterocycles. The van der Waals surface area contributed by atoms with Crippen LogP contribution in [0.1, 0.15) is 56.2 Å². The Bertz CT molecular complexity index is 810. The maximum atomic E-state index is 12.5. The number of nitrogens with zero attached hydrogens (tertiary/aromatic N) is 5. The van der Waals surface area contributed by atoms with Gasteiger partial charge in [0.2, 0.25) is 11.9 Å². The van der Waals surface area contributed by atoms with Gasteiger partial charge < -0.3 is 25.7 Å². The lowest BCUT2D eigenvalue weighted by Gasteiger charge is -2.48. The maximum absolute atomic E-state index is 12.5. The van der Waals surface area contributed by atoms with E-state index in [0.717, 1.165) is 75.1 Å². The molecule has 1 aromatic rings. The fraction of sp³-hybridized carbons (Fsp3) is 0.696. The number of carbonyl (C=O) groups excluding carboxylic acids is 1. The summed E-state index contributed by atoms with van der Waals surface area (Å²) in [7, 11) is 0. The molecule has 1 aromatic heterocycles. The number of likely N-dealkylation sites (tertiary alicyclic amines) is 1. The van der Waals surface area contributed by atoms with Crippen LogP contribution in [0.5, 0.6) is 0 Å². The number of amides is 1. The van der Waals surface area contributed by atoms with E-state index >= 15 is 0 Å². The molecule has 3 aliphatic heterocycles. The first-order chi connectivity index (χ1) is 16.3. The van der Waals surface area contributed by atoms with Gasteiger partial charge in [0, 0.05) is 37.4 Å². The summed E-state index contributed by atoms with van der Waals surface area (Å²) in [6.45, 7) is 9.39. The number of piperidine rings is 2. The minimum Gasteiger partial charge on any atom is -0.483 e. The van der Waals surface area contributed by atoms with Crippen molar-refractivity contribution in [3.05, 3.63) is 11.3 Å². The monoisotopic (exact) mass is 478 g/mol. The second kappa shape index (κ2) is 13.1. The van der Waals surface area contributed by atoms with Gasteiger partial charge in [0.15, 0.2) is 0 Å². The van der Waals surface area contributed by atoms with Gasteiger partial charge in [-0.3, -0.25) is 19.3 Å². The van der Waals surface area contributed by atoms with Gasteiger partial charge in [0.1, 0.15) is 11.4 Å². The predicted molar refractivity (Wildman–Crippen MR) is 129 cm³/mol. The van der Waals surface area contributed by atoms with Crippen molar-refractivity contribution in [3.63, 3.8) is 0 Å². The molecule has 0 aromatic carbocycles. The number of nitrogens with two attached hydrogens (primary N) is 1. The van der Waals surface area contributed by atoms with Gasteiger partial charge >= 0.3 is 0 Å². The summed E-state index contributed by atoms with van der Waals surface area (Å²) in [6.07, 6.45) is 7.59. The minimum atomic E-state index is -0.481. The van der Waals surface area contributed by atoms with E-state index in [1.807, 2.05) is 0 Å². The van der Waals surface area contributed by atoms with Crippen LogP contribution in [0.2, 0.25) is 0 Å². The van der Waals surface area contributed by atoms with E-state index < -0.39 is 5.54 Å². The Morgan fingerprint density at radius 3 is 1.85 bits per heavy atom. The number of primary amides is 1. The lowest BCUT2D eigenvalue weighted by atomic mass is 9.83. The van der Waals surface area contributed by atoms with Crippen LogP contribution in [0, 0.1) is 13.8 Å². The van der Waals surface area contributed by atoms with Crippen LogP contribution in [-0.4, -0.2) is 88.7 Å². The molecule has 4 N–H and O–H groups in total. The molecule has 0 bridgehead atoms. The Morgan fingerprint density at radius 2 is 1.35 bits per heavy atom. The summed E-state index contributed by atoms with van der Waals surface area (Å²) in [5, 5.41) is 13.8. The Hall–Kier alpha value is -2.95. The van der Waals surface area contributed by atoms with Crippen molar-refractivity contribution in [1.29, 1.82) is 0 Å². The van der Waals surface area contributed by atoms with E-state index in [2.05, 4.69) is 28.5 Å². The number of carboxylic acid groups (broad SMARTS) is 2. The first-order valence-electron chi connectivity index (χ1n) is 11.9. The van der Waals surface area contributed by atoms with E-state index in [9.17, 15) is 4.79 Å². The Morgan fingerprint density at radius 1 is 0.853 bits per heavy atom. The van der Waals surface area contributed by atoms with Gasteiger partial charge in [-0.15, -0.1) is 0 Å². The zero-order valence-corrected chi connectivity index (χ0v) is 20.3. The average Bonchev–Trinajstić information content (AvgIpc) is 3.37. The highest BCUT2D eigenvalue weighted by Crippen LogP contribution is 2.34. The topological polar surface area (TPSA) is 153 Å². The molecule has 3 saturated heterocycles. The first-order valence-corrected chi connectivity index (χ1v) is 11.9. The van der Waals surface area contributed by atoms with Crippen LogP contribution in [0.25, 0.3) is 0 Å². The molecule has 190 valence electrons. The summed E-state index contributed by atoms with van der Waals surface area (Å²) in [6, 6.07) is 0. The second-order valence-electron chi connectivity index (χ2n) is 8.89. The Balaban J connectivity index is 0.000000618. The van der Waals surface area contributed by atoms with E-state index in [1.165, 1.54) is 32.1 Å². The molecule has 0 atom stereocenters. The number of aryl methyl sites for hydroxylation is 1. The molecule has 0 unspecified atom stereocenters. The van der Waals surface area contributed by atoms with Gasteiger partial charge in [-0.05, 0) is 65.5 Å². The number of hydrogen-bond donors (Lipinski definition) is 3. The zero-order valence-electron chi connectivity index (χ0n) is 20.3. The van der Waals surface area contributed by atoms with Crippen LogP contribution in [0.4, 0.5) is 11.8 Å². The van der Waals surface area contributed by atoms with Crippen molar-refractivity contribution in [1.82, 2.24) is 14.9 Å². The molecular formula is C23H38N6O5. The molecule has 3 aliphatic rings. The quantitative estimate of drug-likeness (QED) is 0.541. The van der Waals surface area contributed by atoms with Crippen LogP contribution in [0.3, 0.4) is 0 Å². The predicted octanol–water partition coefficient (Wildman–Crippen LogP) is 1.41. The molecular weight excluding hydrogens is 440 g/mol. The molecule has 3 fully saturated rings. The minimum absolute atomic E-state index is 0.151. The van der Waals surface area contributed by atoms with E-state index in [0.29, 0.717) is 0 Å². The lowest BCUT2D eigenvalue weighted by molar-refractivity contribution is -0.132. The number of aromatic nitrogens is 2. The molecule has 0 spiro atoms. The van der Waals surface area contributed by atoms with Gasteiger partial charge in [-0.1, -0.05) is 6.42 Å². The smallest absolute Gasteiger partial charge is 0.290 e. The number of anilines is 2. The van der Waals surface area contributed by atoms with Gasteiger partial charge in [-0.2, -0.15) is 4.98 Å². The van der Waals surface area contributed by atoms with Crippen LogP contribution >= 0.6 is 0 Å². The van der Waals surface area contributed by atoms with Gasteiger partial charge in [-0.25, -0.2) is 4.98 Å². The highest BCUT2D eigenvalue weighted by atomic mass is 16.3. The third-order valence-corrected chi connectivity index (χ3v) is 7.05. The standard InChI is InChI=1S/C21H34N6O.2CH2O2/c1-16-17(2)23-20(26-10-6-7-11-26)24-18(16)25-14-8-21(9-15-25,19(22)28)27-12-4-3-5-13-27;2*2-1-3/h3-15H2,1-2H3,(H2,22,28);2*1H,(H,2,3). The van der Waals surface area contributed by atoms with Crippen molar-refractivity contribution in [2.75, 3.05) is 49.1 Å². The summed E-state index contributed by atoms with van der Waals surface area (Å²) in [4.78, 5) is 45.9. The molecule has 0 radical (unpaired) electrons. The first kappa shape index (κ1) is 27.3. The van der Waals surface area contributed by atoms with Crippen LogP contribution in [-0.2, 0) is 14.4 Å². The van der Waals surface area contributed by atoms with Crippen molar-refractivity contribution in [3.8, 4) is 0 Å². The van der Waals surface area contributed by atoms with Crippen LogP contribution < -0.4 is 15.5 Å². The summed E-state index contributed by atoms with van der Waals surface area (Å²) >= 11 is 0. The lowest BCUT2D eigenvalue weighted by Crippen LogP contribution is -2.63. The fourth-order valence-corrected chi connectivity index (χ4v) is 5.09. The molecule has 11 heteroatoms. The Labute approximate surface area is 200 Å². The molecule has 11 nitrogen and oxygen atoms in total. The van der Waals surface area contributed by atoms with Crippen LogP contribution in [0.15, 0.2) is 0 Å². The van der Waals surface area contributed by atoms with Crippen molar-refractivity contribution in [2.24, 2.45) is 5.73 Å². The van der Waals surface area contributed by atoms with E-state index in [4.69, 9.17) is 35.5 Å². The number of carbonyl (C=O) groups is 3. The number of rotatable bonds is 4. The summed E-state index contributed by atoms with van der Waals surface area (Å²) in [5.74, 6) is 1.74. The van der Waals surface area contributed by atoms with E-state index in [1.54, 1.807) is 0 Å². The molecule has 4 rings (SSSR count). The highest BCUT2D eigenvalue weighted by Gasteiger charge is 2.45. The third kappa shape index (κ3) is 6.34. The fourth-order valence-electron chi connectivity index (χ4n) is 5.09. The number of hydrogen-bond acceptors (Lipinski definition) is 8. The average molecular weight is 479 g/mol. The van der Waals surface area contributed by atoms with Crippen molar-refractivity contribution >= 4 is 30.6 Å². The van der Waals surface area contributed by atoms with Gasteiger partial charge in [0.05, 0.1) is 0 Å². The Kier molecular flexibility index (Phi) is 10.5. The third-order valence-electron chi connectivity index (χ3n) is 7.05. The summed E-state index contributed by atoms with van der Waals surface area (Å²) < 4.78 is 0. The van der Waals surface area contributed by atoms with Crippen molar-refractivity contribution in [2.45, 2.75) is 64.3 Å². The molecule has 0 saturated carbocycles. The normalized spacial score (nSPS) is 19.8. The van der Waals surface area contributed by atoms with E-state index in [-0.39, 0.29) is 18.9 Å². The maximum Gasteiger partial charge on any atom is 0.290 e. The van der Waals surface area contributed by atoms with Crippen molar-refractivity contribution < 1.29 is 24.6 Å². The zero-order chi connectivity index (χ0) is 25.1. The summed E-state index contributed by atoms with van der Waals surface area (Å²) in [5.41, 5.74) is 7.66. The molecule has 0 aliphatic carbocycles. The highest BCUT2D eigenvalue weighted by molar-refractivity contribution is 5.85. The largest absolute Gasteiger partial charge is 0.483 e. The molecule has 1 amide bonds. The van der Waals surface area contributed by atoms with Gasteiger partial charge in [0.25, 0.3) is 12.9 Å². The molecule has 34 heavy (non-hydrogen) atoms. The SMILES string of the molecule is Cc1nc(N2CCCC2)nc(N2CCC(C(N)=O)(N3CCCCC3)CC2)c1C.O=CO.O=CO. The second-order valence-corrected chi connectivity index (χ2v) is 8.89.